The second-order valence-corrected chi connectivity index (χ2v) is 2.40. The standard InChI is InChI=1S/C9H8F2O3/c1-13-7-2-3-8(14-9(10)11)6(4-7)5-12/h2-5,9H,1H3. The molecule has 0 atom stereocenters. The molecule has 0 aromatic heterocycles. The Labute approximate surface area is 79.2 Å². The highest BCUT2D eigenvalue weighted by Crippen LogP contribution is 2.23. The summed E-state index contributed by atoms with van der Waals surface area (Å²) in [6.07, 6.45) is 0.431. The Morgan fingerprint density at radius 1 is 1.43 bits per heavy atom. The van der Waals surface area contributed by atoms with Gasteiger partial charge in [0.25, 0.3) is 0 Å². The number of methoxy groups -OCH3 is 1. The minimum Gasteiger partial charge on any atom is -0.497 e. The molecular formula is C9H8F2O3. The topological polar surface area (TPSA) is 35.5 Å². The minimum atomic E-state index is -2.94. The molecule has 0 saturated carbocycles. The molecule has 0 fully saturated rings. The van der Waals surface area contributed by atoms with E-state index in [1.165, 1.54) is 25.3 Å². The zero-order valence-corrected chi connectivity index (χ0v) is 7.37. The molecule has 14 heavy (non-hydrogen) atoms. The summed E-state index contributed by atoms with van der Waals surface area (Å²) in [6, 6.07) is 4.02. The Balaban J connectivity index is 2.99. The Bertz CT molecular complexity index is 326. The van der Waals surface area contributed by atoms with Crippen molar-refractivity contribution in [2.24, 2.45) is 0 Å². The van der Waals surface area contributed by atoms with Gasteiger partial charge in [-0.1, -0.05) is 0 Å². The molecule has 0 saturated heterocycles. The number of rotatable bonds is 4. The highest BCUT2D eigenvalue weighted by atomic mass is 19.3. The molecule has 0 N–H and O–H groups in total. The van der Waals surface area contributed by atoms with Gasteiger partial charge in [-0.25, -0.2) is 0 Å². The van der Waals surface area contributed by atoms with E-state index < -0.39 is 6.61 Å². The van der Waals surface area contributed by atoms with Gasteiger partial charge in [-0.15, -0.1) is 0 Å². The largest absolute Gasteiger partial charge is 0.497 e. The summed E-state index contributed by atoms with van der Waals surface area (Å²) in [5.41, 5.74) is 0.0321. The summed E-state index contributed by atoms with van der Waals surface area (Å²) in [5.74, 6) is 0.254. The predicted molar refractivity (Wildman–Crippen MR) is 45.0 cm³/mol. The molecule has 0 aliphatic rings. The van der Waals surface area contributed by atoms with Crippen molar-refractivity contribution in [3.05, 3.63) is 23.8 Å². The summed E-state index contributed by atoms with van der Waals surface area (Å²) in [6.45, 7) is -2.94. The van der Waals surface area contributed by atoms with Gasteiger partial charge in [0, 0.05) is 0 Å². The maximum atomic E-state index is 11.8. The van der Waals surface area contributed by atoms with Crippen LogP contribution in [-0.2, 0) is 0 Å². The van der Waals surface area contributed by atoms with E-state index in [4.69, 9.17) is 4.74 Å². The zero-order valence-electron chi connectivity index (χ0n) is 7.37. The number of halogens is 2. The fourth-order valence-electron chi connectivity index (χ4n) is 0.949. The van der Waals surface area contributed by atoms with Gasteiger partial charge >= 0.3 is 6.61 Å². The fraction of sp³-hybridized carbons (Fsp3) is 0.222. The van der Waals surface area contributed by atoms with E-state index >= 15 is 0 Å². The van der Waals surface area contributed by atoms with Crippen LogP contribution in [0.5, 0.6) is 11.5 Å². The minimum absolute atomic E-state index is 0.0321. The summed E-state index contributed by atoms with van der Waals surface area (Å²) in [4.78, 5) is 10.5. The van der Waals surface area contributed by atoms with Crippen LogP contribution in [0.25, 0.3) is 0 Å². The van der Waals surface area contributed by atoms with Crippen molar-refractivity contribution >= 4 is 6.29 Å². The van der Waals surface area contributed by atoms with Crippen molar-refractivity contribution < 1.29 is 23.0 Å². The van der Waals surface area contributed by atoms with Gasteiger partial charge in [0.1, 0.15) is 11.5 Å². The molecule has 0 amide bonds. The second kappa shape index (κ2) is 4.55. The Morgan fingerprint density at radius 3 is 2.64 bits per heavy atom. The molecule has 0 unspecified atom stereocenters. The molecule has 5 heteroatoms. The third-order valence-electron chi connectivity index (χ3n) is 1.56. The average Bonchev–Trinajstić information content (AvgIpc) is 2.17. The van der Waals surface area contributed by atoms with Crippen LogP contribution in [0.3, 0.4) is 0 Å². The van der Waals surface area contributed by atoms with E-state index in [9.17, 15) is 13.6 Å². The fourth-order valence-corrected chi connectivity index (χ4v) is 0.949. The Kier molecular flexibility index (Phi) is 3.39. The summed E-state index contributed by atoms with van der Waals surface area (Å²) >= 11 is 0. The van der Waals surface area contributed by atoms with Crippen LogP contribution < -0.4 is 9.47 Å². The Morgan fingerprint density at radius 2 is 2.14 bits per heavy atom. The molecule has 1 aromatic carbocycles. The lowest BCUT2D eigenvalue weighted by molar-refractivity contribution is -0.0500. The van der Waals surface area contributed by atoms with Gasteiger partial charge in [0.05, 0.1) is 12.7 Å². The molecule has 0 aliphatic heterocycles. The second-order valence-electron chi connectivity index (χ2n) is 2.40. The summed E-state index contributed by atoms with van der Waals surface area (Å²) in [5, 5.41) is 0. The first-order valence-corrected chi connectivity index (χ1v) is 3.75. The molecule has 3 nitrogen and oxygen atoms in total. The van der Waals surface area contributed by atoms with Crippen LogP contribution >= 0.6 is 0 Å². The summed E-state index contributed by atoms with van der Waals surface area (Å²) < 4.78 is 32.6. The first-order chi connectivity index (χ1) is 6.67. The number of alkyl halides is 2. The molecule has 0 aliphatic carbocycles. The van der Waals surface area contributed by atoms with E-state index in [0.29, 0.717) is 12.0 Å². The van der Waals surface area contributed by atoms with E-state index in [2.05, 4.69) is 4.74 Å². The molecule has 1 aromatic rings. The normalized spacial score (nSPS) is 10.0. The van der Waals surface area contributed by atoms with Crippen LogP contribution in [-0.4, -0.2) is 20.0 Å². The number of aldehydes is 1. The third kappa shape index (κ3) is 2.42. The van der Waals surface area contributed by atoms with Crippen LogP contribution in [0.1, 0.15) is 10.4 Å². The van der Waals surface area contributed by atoms with Crippen molar-refractivity contribution in [2.45, 2.75) is 6.61 Å². The van der Waals surface area contributed by atoms with Gasteiger partial charge in [-0.3, -0.25) is 4.79 Å². The van der Waals surface area contributed by atoms with Crippen molar-refractivity contribution in [3.63, 3.8) is 0 Å². The smallest absolute Gasteiger partial charge is 0.387 e. The molecule has 76 valence electrons. The van der Waals surface area contributed by atoms with Crippen LogP contribution in [0.15, 0.2) is 18.2 Å². The third-order valence-corrected chi connectivity index (χ3v) is 1.56. The molecule has 0 spiro atoms. The average molecular weight is 202 g/mol. The number of ether oxygens (including phenoxy) is 2. The monoisotopic (exact) mass is 202 g/mol. The molecule has 0 heterocycles. The van der Waals surface area contributed by atoms with Gasteiger partial charge in [0.2, 0.25) is 0 Å². The first-order valence-electron chi connectivity index (χ1n) is 3.75. The maximum absolute atomic E-state index is 11.8. The highest BCUT2D eigenvalue weighted by molar-refractivity contribution is 5.80. The zero-order chi connectivity index (χ0) is 10.6. The lowest BCUT2D eigenvalue weighted by Crippen LogP contribution is -2.04. The summed E-state index contributed by atoms with van der Waals surface area (Å²) in [7, 11) is 1.41. The van der Waals surface area contributed by atoms with Crippen LogP contribution in [0, 0.1) is 0 Å². The Hall–Kier alpha value is -1.65. The maximum Gasteiger partial charge on any atom is 0.387 e. The van der Waals surface area contributed by atoms with Crippen molar-refractivity contribution in [2.75, 3.05) is 7.11 Å². The molecule has 0 bridgehead atoms. The lowest BCUT2D eigenvalue weighted by Gasteiger charge is -2.07. The van der Waals surface area contributed by atoms with E-state index in [0.717, 1.165) is 0 Å². The van der Waals surface area contributed by atoms with Crippen LogP contribution in [0.4, 0.5) is 8.78 Å². The van der Waals surface area contributed by atoms with Gasteiger partial charge in [-0.2, -0.15) is 8.78 Å². The van der Waals surface area contributed by atoms with E-state index in [-0.39, 0.29) is 11.3 Å². The van der Waals surface area contributed by atoms with Crippen molar-refractivity contribution in [1.29, 1.82) is 0 Å². The van der Waals surface area contributed by atoms with Gasteiger partial charge < -0.3 is 9.47 Å². The van der Waals surface area contributed by atoms with Gasteiger partial charge in [0.15, 0.2) is 6.29 Å². The number of benzene rings is 1. The molecule has 1 rings (SSSR count). The first kappa shape index (κ1) is 10.4. The van der Waals surface area contributed by atoms with Gasteiger partial charge in [-0.05, 0) is 18.2 Å². The van der Waals surface area contributed by atoms with Crippen molar-refractivity contribution in [1.82, 2.24) is 0 Å². The van der Waals surface area contributed by atoms with E-state index in [1.54, 1.807) is 0 Å². The SMILES string of the molecule is COc1ccc(OC(F)F)c(C=O)c1. The number of carbonyl (C=O) groups is 1. The van der Waals surface area contributed by atoms with E-state index in [1.807, 2.05) is 0 Å². The quantitative estimate of drug-likeness (QED) is 0.701. The number of carbonyl (C=O) groups excluding carboxylic acids is 1. The predicted octanol–water partition coefficient (Wildman–Crippen LogP) is 2.11. The molecule has 0 radical (unpaired) electrons. The van der Waals surface area contributed by atoms with Crippen molar-refractivity contribution in [3.8, 4) is 11.5 Å². The highest BCUT2D eigenvalue weighted by Gasteiger charge is 2.09. The lowest BCUT2D eigenvalue weighted by atomic mass is 10.2. The number of hydrogen-bond donors (Lipinski definition) is 0. The molecular weight excluding hydrogens is 194 g/mol. The number of hydrogen-bond acceptors (Lipinski definition) is 3. The van der Waals surface area contributed by atoms with Crippen LogP contribution in [0.2, 0.25) is 0 Å².